The van der Waals surface area contributed by atoms with Crippen LogP contribution in [-0.4, -0.2) is 62.5 Å². The maximum atomic E-state index is 12.0. The minimum atomic E-state index is -0.145. The van der Waals surface area contributed by atoms with E-state index in [4.69, 9.17) is 0 Å². The SMILES string of the molecule is Cc1cccc(N2CCN(CCCNC(=O)CCNC(=O)c3ccccc3)CC2)c1. The number of carbonyl (C=O) groups excluding carboxylic acids is 2. The van der Waals surface area contributed by atoms with Crippen molar-refractivity contribution in [1.29, 1.82) is 0 Å². The summed E-state index contributed by atoms with van der Waals surface area (Å²) in [5, 5.41) is 5.73. The summed E-state index contributed by atoms with van der Waals surface area (Å²) in [6, 6.07) is 17.7. The van der Waals surface area contributed by atoms with Crippen LogP contribution in [0.5, 0.6) is 0 Å². The number of benzene rings is 2. The van der Waals surface area contributed by atoms with Gasteiger partial charge in [-0.15, -0.1) is 0 Å². The number of piperazine rings is 1. The molecule has 6 heteroatoms. The quantitative estimate of drug-likeness (QED) is 0.626. The molecule has 0 aromatic heterocycles. The highest BCUT2D eigenvalue weighted by molar-refractivity contribution is 5.94. The average molecular weight is 409 g/mol. The van der Waals surface area contributed by atoms with Crippen molar-refractivity contribution in [3.63, 3.8) is 0 Å². The highest BCUT2D eigenvalue weighted by atomic mass is 16.2. The number of anilines is 1. The van der Waals surface area contributed by atoms with Crippen molar-refractivity contribution in [2.75, 3.05) is 50.7 Å². The molecule has 0 bridgehead atoms. The molecule has 2 amide bonds. The molecule has 30 heavy (non-hydrogen) atoms. The molecule has 2 N–H and O–H groups in total. The lowest BCUT2D eigenvalue weighted by Gasteiger charge is -2.36. The highest BCUT2D eigenvalue weighted by Gasteiger charge is 2.16. The number of hydrogen-bond acceptors (Lipinski definition) is 4. The number of nitrogens with one attached hydrogen (secondary N) is 2. The Labute approximate surface area is 179 Å². The number of rotatable bonds is 9. The molecular formula is C24H32N4O2. The van der Waals surface area contributed by atoms with Gasteiger partial charge in [0, 0.05) is 56.9 Å². The van der Waals surface area contributed by atoms with Gasteiger partial charge in [0.1, 0.15) is 0 Å². The standard InChI is InChI=1S/C24H32N4O2/c1-20-7-5-10-22(19-20)28-17-15-27(16-18-28)14-6-12-25-23(29)11-13-26-24(30)21-8-3-2-4-9-21/h2-5,7-10,19H,6,11-18H2,1H3,(H,25,29)(H,26,30). The second-order valence-electron chi connectivity index (χ2n) is 7.74. The minimum Gasteiger partial charge on any atom is -0.369 e. The second-order valence-corrected chi connectivity index (χ2v) is 7.74. The van der Waals surface area contributed by atoms with Crippen molar-refractivity contribution in [3.05, 3.63) is 65.7 Å². The molecule has 0 spiro atoms. The maximum absolute atomic E-state index is 12.0. The fraction of sp³-hybridized carbons (Fsp3) is 0.417. The van der Waals surface area contributed by atoms with Crippen LogP contribution in [0.15, 0.2) is 54.6 Å². The summed E-state index contributed by atoms with van der Waals surface area (Å²) < 4.78 is 0. The lowest BCUT2D eigenvalue weighted by atomic mass is 10.2. The summed E-state index contributed by atoms with van der Waals surface area (Å²) in [6.07, 6.45) is 1.24. The molecule has 3 rings (SSSR count). The number of carbonyl (C=O) groups is 2. The molecular weight excluding hydrogens is 376 g/mol. The molecule has 0 aliphatic carbocycles. The molecule has 0 radical (unpaired) electrons. The van der Waals surface area contributed by atoms with Gasteiger partial charge in [-0.2, -0.15) is 0 Å². The number of aryl methyl sites for hydroxylation is 1. The van der Waals surface area contributed by atoms with Crippen LogP contribution in [0.1, 0.15) is 28.8 Å². The topological polar surface area (TPSA) is 64.7 Å². The lowest BCUT2D eigenvalue weighted by Crippen LogP contribution is -2.47. The van der Waals surface area contributed by atoms with Gasteiger partial charge < -0.3 is 15.5 Å². The number of amides is 2. The summed E-state index contributed by atoms with van der Waals surface area (Å²) in [5.41, 5.74) is 3.21. The zero-order valence-corrected chi connectivity index (χ0v) is 17.8. The van der Waals surface area contributed by atoms with E-state index in [0.717, 1.165) is 39.1 Å². The normalized spacial score (nSPS) is 14.4. The monoisotopic (exact) mass is 408 g/mol. The van der Waals surface area contributed by atoms with Gasteiger partial charge in [-0.3, -0.25) is 14.5 Å². The summed E-state index contributed by atoms with van der Waals surface area (Å²) in [4.78, 5) is 28.8. The predicted molar refractivity (Wildman–Crippen MR) is 121 cm³/mol. The molecule has 1 heterocycles. The maximum Gasteiger partial charge on any atom is 0.251 e. The molecule has 2 aromatic carbocycles. The van der Waals surface area contributed by atoms with E-state index in [1.807, 2.05) is 18.2 Å². The molecule has 0 saturated carbocycles. The first-order chi connectivity index (χ1) is 14.6. The summed E-state index contributed by atoms with van der Waals surface area (Å²) in [6.45, 7) is 8.32. The molecule has 1 aliphatic heterocycles. The van der Waals surface area contributed by atoms with E-state index in [2.05, 4.69) is 51.6 Å². The molecule has 1 fully saturated rings. The van der Waals surface area contributed by atoms with Crippen LogP contribution in [0.4, 0.5) is 5.69 Å². The molecule has 2 aromatic rings. The Balaban J connectivity index is 1.24. The lowest BCUT2D eigenvalue weighted by molar-refractivity contribution is -0.120. The van der Waals surface area contributed by atoms with Crippen molar-refractivity contribution in [3.8, 4) is 0 Å². The van der Waals surface area contributed by atoms with Crippen LogP contribution >= 0.6 is 0 Å². The first-order valence-corrected chi connectivity index (χ1v) is 10.8. The molecule has 6 nitrogen and oxygen atoms in total. The Morgan fingerprint density at radius 2 is 1.67 bits per heavy atom. The van der Waals surface area contributed by atoms with Crippen molar-refractivity contribution < 1.29 is 9.59 Å². The van der Waals surface area contributed by atoms with E-state index in [9.17, 15) is 9.59 Å². The van der Waals surface area contributed by atoms with Crippen molar-refractivity contribution in [2.45, 2.75) is 19.8 Å². The largest absolute Gasteiger partial charge is 0.369 e. The van der Waals surface area contributed by atoms with Gasteiger partial charge in [0.05, 0.1) is 0 Å². The van der Waals surface area contributed by atoms with Crippen molar-refractivity contribution >= 4 is 17.5 Å². The molecule has 0 unspecified atom stereocenters. The number of hydrogen-bond donors (Lipinski definition) is 2. The summed E-state index contributed by atoms with van der Waals surface area (Å²) >= 11 is 0. The van der Waals surface area contributed by atoms with E-state index in [0.29, 0.717) is 25.1 Å². The smallest absolute Gasteiger partial charge is 0.251 e. The average Bonchev–Trinajstić information content (AvgIpc) is 2.77. The van der Waals surface area contributed by atoms with Gasteiger partial charge in [0.25, 0.3) is 5.91 Å². The van der Waals surface area contributed by atoms with Gasteiger partial charge >= 0.3 is 0 Å². The number of nitrogens with zero attached hydrogens (tertiary/aromatic N) is 2. The Morgan fingerprint density at radius 3 is 2.40 bits per heavy atom. The Kier molecular flexibility index (Phi) is 8.27. The van der Waals surface area contributed by atoms with Crippen LogP contribution in [0, 0.1) is 6.92 Å². The van der Waals surface area contributed by atoms with Crippen molar-refractivity contribution in [2.24, 2.45) is 0 Å². The van der Waals surface area contributed by atoms with Crippen LogP contribution in [0.25, 0.3) is 0 Å². The van der Waals surface area contributed by atoms with E-state index in [1.54, 1.807) is 12.1 Å². The summed E-state index contributed by atoms with van der Waals surface area (Å²) in [7, 11) is 0. The second kappa shape index (κ2) is 11.4. The van der Waals surface area contributed by atoms with Gasteiger partial charge in [0.2, 0.25) is 5.91 Å². The summed E-state index contributed by atoms with van der Waals surface area (Å²) in [5.74, 6) is -0.166. The molecule has 0 atom stereocenters. The van der Waals surface area contributed by atoms with Gasteiger partial charge in [-0.25, -0.2) is 0 Å². The first-order valence-electron chi connectivity index (χ1n) is 10.8. The third-order valence-electron chi connectivity index (χ3n) is 5.39. The van der Waals surface area contributed by atoms with Crippen molar-refractivity contribution in [1.82, 2.24) is 15.5 Å². The molecule has 1 aliphatic rings. The van der Waals surface area contributed by atoms with E-state index >= 15 is 0 Å². The Hall–Kier alpha value is -2.86. The highest BCUT2D eigenvalue weighted by Crippen LogP contribution is 2.17. The van der Waals surface area contributed by atoms with E-state index in [1.165, 1.54) is 11.3 Å². The minimum absolute atomic E-state index is 0.0207. The fourth-order valence-electron chi connectivity index (χ4n) is 3.65. The van der Waals surface area contributed by atoms with Crippen LogP contribution in [-0.2, 0) is 4.79 Å². The van der Waals surface area contributed by atoms with Gasteiger partial charge in [-0.1, -0.05) is 30.3 Å². The third-order valence-corrected chi connectivity index (χ3v) is 5.39. The third kappa shape index (κ3) is 6.88. The fourth-order valence-corrected chi connectivity index (χ4v) is 3.65. The zero-order chi connectivity index (χ0) is 21.2. The Bertz CT molecular complexity index is 817. The molecule has 1 saturated heterocycles. The predicted octanol–water partition coefficient (Wildman–Crippen LogP) is 2.44. The van der Waals surface area contributed by atoms with Gasteiger partial charge in [0.15, 0.2) is 0 Å². The van der Waals surface area contributed by atoms with E-state index < -0.39 is 0 Å². The van der Waals surface area contributed by atoms with Crippen LogP contribution in [0.2, 0.25) is 0 Å². The van der Waals surface area contributed by atoms with Crippen LogP contribution in [0.3, 0.4) is 0 Å². The zero-order valence-electron chi connectivity index (χ0n) is 17.8. The van der Waals surface area contributed by atoms with Crippen LogP contribution < -0.4 is 15.5 Å². The molecule has 160 valence electrons. The first kappa shape index (κ1) is 21.8. The Morgan fingerprint density at radius 1 is 0.900 bits per heavy atom. The van der Waals surface area contributed by atoms with Gasteiger partial charge in [-0.05, 0) is 49.7 Å². The van der Waals surface area contributed by atoms with E-state index in [-0.39, 0.29) is 11.8 Å².